The highest BCUT2D eigenvalue weighted by molar-refractivity contribution is 6.33. The Balaban J connectivity index is 2.35. The fraction of sp³-hybridized carbons (Fsp3) is 0.182. The molecule has 0 unspecified atom stereocenters. The summed E-state index contributed by atoms with van der Waals surface area (Å²) in [6.07, 6.45) is 2.11. The van der Waals surface area contributed by atoms with E-state index in [4.69, 9.17) is 27.6 Å². The molecule has 0 aliphatic carbocycles. The first-order valence-corrected chi connectivity index (χ1v) is 5.58. The van der Waals surface area contributed by atoms with Crippen LogP contribution in [0.15, 0.2) is 28.8 Å². The van der Waals surface area contributed by atoms with E-state index < -0.39 is 0 Å². The molecule has 0 radical (unpaired) electrons. The Morgan fingerprint density at radius 1 is 1.38 bits per heavy atom. The van der Waals surface area contributed by atoms with Crippen molar-refractivity contribution in [2.75, 3.05) is 5.88 Å². The van der Waals surface area contributed by atoms with Crippen LogP contribution < -0.4 is 0 Å². The molecule has 0 atom stereocenters. The minimum atomic E-state index is -0.380. The molecule has 1 aromatic carbocycles. The average molecular weight is 260 g/mol. The van der Waals surface area contributed by atoms with Gasteiger partial charge in [0.05, 0.1) is 11.2 Å². The Morgan fingerprint density at radius 3 is 2.88 bits per heavy atom. The molecular weight excluding hydrogens is 252 g/mol. The van der Waals surface area contributed by atoms with Crippen LogP contribution in [-0.4, -0.2) is 10.9 Å². The van der Waals surface area contributed by atoms with E-state index in [0.29, 0.717) is 34.5 Å². The van der Waals surface area contributed by atoms with Gasteiger partial charge in [0.25, 0.3) is 0 Å². The summed E-state index contributed by atoms with van der Waals surface area (Å²) < 4.78 is 18.3. The van der Waals surface area contributed by atoms with Crippen LogP contribution in [0, 0.1) is 5.82 Å². The molecule has 0 bridgehead atoms. The monoisotopic (exact) mass is 259 g/mol. The number of hydrogen-bond acceptors (Lipinski definition) is 2. The maximum absolute atomic E-state index is 12.8. The summed E-state index contributed by atoms with van der Waals surface area (Å²) in [6, 6.07) is 4.12. The number of rotatable bonds is 3. The quantitative estimate of drug-likeness (QED) is 0.782. The molecule has 0 spiro atoms. The Morgan fingerprint density at radius 2 is 2.19 bits per heavy atom. The highest BCUT2D eigenvalue weighted by Gasteiger charge is 2.10. The molecule has 0 saturated carbocycles. The van der Waals surface area contributed by atoms with Crippen LogP contribution in [0.5, 0.6) is 0 Å². The van der Waals surface area contributed by atoms with Gasteiger partial charge in [-0.15, -0.1) is 11.6 Å². The van der Waals surface area contributed by atoms with Crippen molar-refractivity contribution < 1.29 is 8.81 Å². The summed E-state index contributed by atoms with van der Waals surface area (Å²) in [5, 5.41) is 0.300. The summed E-state index contributed by atoms with van der Waals surface area (Å²) >= 11 is 11.5. The largest absolute Gasteiger partial charge is 0.441 e. The second kappa shape index (κ2) is 4.85. The van der Waals surface area contributed by atoms with Gasteiger partial charge in [-0.2, -0.15) is 0 Å². The molecule has 84 valence electrons. The second-order valence-electron chi connectivity index (χ2n) is 3.18. The van der Waals surface area contributed by atoms with Gasteiger partial charge >= 0.3 is 0 Å². The van der Waals surface area contributed by atoms with Crippen molar-refractivity contribution in [3.63, 3.8) is 0 Å². The standard InChI is InChI=1S/C11H8Cl2FNO/c12-4-3-11-15-6-10(16-11)8-2-1-7(14)5-9(8)13/h1-2,5-6H,3-4H2. The number of halogens is 3. The third-order valence-electron chi connectivity index (χ3n) is 2.06. The van der Waals surface area contributed by atoms with Crippen molar-refractivity contribution in [1.82, 2.24) is 4.98 Å². The molecule has 1 heterocycles. The average Bonchev–Trinajstić information content (AvgIpc) is 2.67. The summed E-state index contributed by atoms with van der Waals surface area (Å²) in [5.41, 5.74) is 0.622. The summed E-state index contributed by atoms with van der Waals surface area (Å²) in [6.45, 7) is 0. The maximum Gasteiger partial charge on any atom is 0.196 e. The number of hydrogen-bond donors (Lipinski definition) is 0. The molecule has 1 aromatic heterocycles. The predicted molar refractivity (Wildman–Crippen MR) is 61.3 cm³/mol. The third-order valence-corrected chi connectivity index (χ3v) is 2.56. The Labute approximate surface area is 102 Å². The zero-order chi connectivity index (χ0) is 11.5. The number of benzene rings is 1. The maximum atomic E-state index is 12.8. The highest BCUT2D eigenvalue weighted by atomic mass is 35.5. The smallest absolute Gasteiger partial charge is 0.196 e. The van der Waals surface area contributed by atoms with E-state index in [1.54, 1.807) is 12.3 Å². The van der Waals surface area contributed by atoms with Gasteiger partial charge in [-0.05, 0) is 18.2 Å². The molecule has 5 heteroatoms. The van der Waals surface area contributed by atoms with Crippen molar-refractivity contribution in [3.05, 3.63) is 41.1 Å². The van der Waals surface area contributed by atoms with E-state index in [-0.39, 0.29) is 5.82 Å². The first kappa shape index (κ1) is 11.4. The summed E-state index contributed by atoms with van der Waals surface area (Å²) in [5.74, 6) is 1.13. The Hall–Kier alpha value is -1.06. The highest BCUT2D eigenvalue weighted by Crippen LogP contribution is 2.29. The van der Waals surface area contributed by atoms with Crippen LogP contribution in [0.4, 0.5) is 4.39 Å². The molecule has 0 aliphatic heterocycles. The molecule has 16 heavy (non-hydrogen) atoms. The molecule has 0 amide bonds. The molecule has 2 rings (SSSR count). The second-order valence-corrected chi connectivity index (χ2v) is 3.97. The molecular formula is C11H8Cl2FNO. The lowest BCUT2D eigenvalue weighted by Gasteiger charge is -1.99. The number of aryl methyl sites for hydroxylation is 1. The number of aromatic nitrogens is 1. The molecule has 0 aliphatic rings. The van der Waals surface area contributed by atoms with Gasteiger partial charge in [-0.25, -0.2) is 9.37 Å². The van der Waals surface area contributed by atoms with Crippen molar-refractivity contribution >= 4 is 23.2 Å². The van der Waals surface area contributed by atoms with Crippen LogP contribution in [0.3, 0.4) is 0 Å². The van der Waals surface area contributed by atoms with Gasteiger partial charge in [-0.3, -0.25) is 0 Å². The van der Waals surface area contributed by atoms with Gasteiger partial charge in [0.1, 0.15) is 5.82 Å². The lowest BCUT2D eigenvalue weighted by Crippen LogP contribution is -1.83. The minimum absolute atomic E-state index is 0.300. The third kappa shape index (κ3) is 2.36. The van der Waals surface area contributed by atoms with E-state index in [9.17, 15) is 4.39 Å². The Kier molecular flexibility index (Phi) is 3.46. The zero-order valence-electron chi connectivity index (χ0n) is 8.21. The van der Waals surface area contributed by atoms with E-state index in [2.05, 4.69) is 4.98 Å². The van der Waals surface area contributed by atoms with Gasteiger partial charge < -0.3 is 4.42 Å². The fourth-order valence-electron chi connectivity index (χ4n) is 1.32. The number of nitrogens with zero attached hydrogens (tertiary/aromatic N) is 1. The van der Waals surface area contributed by atoms with Crippen LogP contribution in [0.25, 0.3) is 11.3 Å². The van der Waals surface area contributed by atoms with Gasteiger partial charge in [0.15, 0.2) is 11.7 Å². The van der Waals surface area contributed by atoms with Crippen LogP contribution in [-0.2, 0) is 6.42 Å². The fourth-order valence-corrected chi connectivity index (χ4v) is 1.74. The molecule has 0 fully saturated rings. The minimum Gasteiger partial charge on any atom is -0.441 e. The van der Waals surface area contributed by atoms with Crippen molar-refractivity contribution in [3.8, 4) is 11.3 Å². The molecule has 2 aromatic rings. The summed E-state index contributed by atoms with van der Waals surface area (Å²) in [4.78, 5) is 4.04. The summed E-state index contributed by atoms with van der Waals surface area (Å²) in [7, 11) is 0. The van der Waals surface area contributed by atoms with Gasteiger partial charge in [0.2, 0.25) is 0 Å². The van der Waals surface area contributed by atoms with Crippen LogP contribution in [0.1, 0.15) is 5.89 Å². The van der Waals surface area contributed by atoms with Gasteiger partial charge in [0, 0.05) is 17.9 Å². The zero-order valence-corrected chi connectivity index (χ0v) is 9.72. The van der Waals surface area contributed by atoms with E-state index >= 15 is 0 Å². The van der Waals surface area contributed by atoms with Crippen molar-refractivity contribution in [1.29, 1.82) is 0 Å². The molecule has 0 saturated heterocycles. The first-order valence-electron chi connectivity index (χ1n) is 4.67. The molecule has 2 nitrogen and oxygen atoms in total. The number of oxazole rings is 1. The lowest BCUT2D eigenvalue weighted by molar-refractivity contribution is 0.514. The normalized spacial score (nSPS) is 10.7. The van der Waals surface area contributed by atoms with Crippen LogP contribution >= 0.6 is 23.2 Å². The Bertz CT molecular complexity index is 498. The first-order chi connectivity index (χ1) is 7.70. The van der Waals surface area contributed by atoms with E-state index in [1.165, 1.54) is 12.1 Å². The van der Waals surface area contributed by atoms with E-state index in [1.807, 2.05) is 0 Å². The van der Waals surface area contributed by atoms with Crippen molar-refractivity contribution in [2.24, 2.45) is 0 Å². The van der Waals surface area contributed by atoms with Crippen molar-refractivity contribution in [2.45, 2.75) is 6.42 Å². The van der Waals surface area contributed by atoms with E-state index in [0.717, 1.165) is 0 Å². The predicted octanol–water partition coefficient (Wildman–Crippen LogP) is 3.92. The lowest BCUT2D eigenvalue weighted by atomic mass is 10.2. The molecule has 0 N–H and O–H groups in total. The topological polar surface area (TPSA) is 26.0 Å². The van der Waals surface area contributed by atoms with Crippen LogP contribution in [0.2, 0.25) is 5.02 Å². The van der Waals surface area contributed by atoms with Gasteiger partial charge in [-0.1, -0.05) is 11.6 Å². The number of alkyl halides is 1. The SMILES string of the molecule is Fc1ccc(-c2cnc(CCCl)o2)c(Cl)c1.